The minimum Gasteiger partial charge on any atom is -0.476 e. The minimum atomic E-state index is -3.53. The molecular weight excluding hydrogens is 430 g/mol. The number of carbonyl (C=O) groups excluding carboxylic acids is 1. The zero-order valence-electron chi connectivity index (χ0n) is 17.8. The summed E-state index contributed by atoms with van der Waals surface area (Å²) in [4.78, 5) is 18.0. The highest BCUT2D eigenvalue weighted by molar-refractivity contribution is 7.91. The first-order valence-electron chi connectivity index (χ1n) is 11.2. The first-order valence-corrected chi connectivity index (χ1v) is 12.8. The molecule has 10 nitrogen and oxygen atoms in total. The lowest BCUT2D eigenvalue weighted by atomic mass is 10.0. The van der Waals surface area contributed by atoms with Crippen molar-refractivity contribution in [3.05, 3.63) is 28.7 Å². The second-order valence-electron chi connectivity index (χ2n) is 9.37. The highest BCUT2D eigenvalue weighted by Gasteiger charge is 2.51. The summed E-state index contributed by atoms with van der Waals surface area (Å²) in [5.41, 5.74) is 11.2. The lowest BCUT2D eigenvalue weighted by Crippen LogP contribution is -2.32. The second kappa shape index (κ2) is 7.00. The van der Waals surface area contributed by atoms with Crippen LogP contribution in [0.4, 0.5) is 10.5 Å². The number of hydrogen-bond donors (Lipinski definition) is 3. The molecule has 1 spiro atoms. The number of aryl methyl sites for hydroxylation is 1. The smallest absolute Gasteiger partial charge is 0.354 e. The van der Waals surface area contributed by atoms with Crippen molar-refractivity contribution in [2.75, 3.05) is 18.5 Å². The van der Waals surface area contributed by atoms with Gasteiger partial charge in [-0.05, 0) is 56.1 Å². The number of aromatic nitrogens is 3. The van der Waals surface area contributed by atoms with Crippen LogP contribution in [0, 0.1) is 5.92 Å². The highest BCUT2D eigenvalue weighted by atomic mass is 32.2. The number of rotatable bonds is 3. The Kier molecular flexibility index (Phi) is 4.40. The third-order valence-electron chi connectivity index (χ3n) is 7.28. The molecule has 11 heteroatoms. The summed E-state index contributed by atoms with van der Waals surface area (Å²) in [7, 11) is -3.53. The molecule has 3 heterocycles. The number of anilines is 1. The normalized spacial score (nSPS) is 23.6. The first-order chi connectivity index (χ1) is 15.4. The largest absolute Gasteiger partial charge is 0.476 e. The van der Waals surface area contributed by atoms with Crippen molar-refractivity contribution in [2.24, 2.45) is 21.2 Å². The van der Waals surface area contributed by atoms with Crippen LogP contribution in [0.15, 0.2) is 15.5 Å². The summed E-state index contributed by atoms with van der Waals surface area (Å²) in [6, 6.07) is -0.715. The highest BCUT2D eigenvalue weighted by Crippen LogP contribution is 2.58. The van der Waals surface area contributed by atoms with Gasteiger partial charge in [-0.2, -0.15) is 5.10 Å². The molecule has 2 aromatic heterocycles. The van der Waals surface area contributed by atoms with Gasteiger partial charge in [0.2, 0.25) is 5.88 Å². The number of pyridine rings is 1. The van der Waals surface area contributed by atoms with Gasteiger partial charge in [-0.3, -0.25) is 4.98 Å². The van der Waals surface area contributed by atoms with E-state index < -0.39 is 15.9 Å². The van der Waals surface area contributed by atoms with Gasteiger partial charge in [0.25, 0.3) is 0 Å². The van der Waals surface area contributed by atoms with Gasteiger partial charge in [0.1, 0.15) is 4.90 Å². The average Bonchev–Trinajstić information content (AvgIpc) is 3.10. The second-order valence-corrected chi connectivity index (χ2v) is 11.1. The summed E-state index contributed by atoms with van der Waals surface area (Å²) < 4.78 is 24.4. The zero-order valence-corrected chi connectivity index (χ0v) is 18.6. The first kappa shape index (κ1) is 20.1. The van der Waals surface area contributed by atoms with Crippen molar-refractivity contribution in [2.45, 2.75) is 61.8 Å². The molecule has 0 radical (unpaired) electrons. The van der Waals surface area contributed by atoms with Gasteiger partial charge in [0.05, 0.1) is 30.7 Å². The Bertz CT molecular complexity index is 1260. The molecule has 1 fully saturated rings. The summed E-state index contributed by atoms with van der Waals surface area (Å²) in [6.45, 7) is 1.39. The van der Waals surface area contributed by atoms with Gasteiger partial charge in [-0.25, -0.2) is 18.8 Å². The van der Waals surface area contributed by atoms with Crippen LogP contribution in [0.5, 0.6) is 5.88 Å². The molecule has 2 amide bonds. The summed E-state index contributed by atoms with van der Waals surface area (Å²) in [5, 5.41) is 13.2. The number of hydrogen-bond acceptors (Lipinski definition) is 6. The zero-order chi connectivity index (χ0) is 22.1. The number of ether oxygens (including phenoxy) is 1. The fourth-order valence-corrected chi connectivity index (χ4v) is 6.35. The molecule has 1 saturated carbocycles. The van der Waals surface area contributed by atoms with Gasteiger partial charge in [-0.15, -0.1) is 4.36 Å². The van der Waals surface area contributed by atoms with Crippen molar-refractivity contribution in [1.29, 1.82) is 0 Å². The molecule has 4 aliphatic rings. The van der Waals surface area contributed by atoms with Crippen LogP contribution >= 0.6 is 0 Å². The van der Waals surface area contributed by atoms with Crippen LogP contribution in [0.25, 0.3) is 0 Å². The average molecular weight is 458 g/mol. The Balaban J connectivity index is 1.33. The van der Waals surface area contributed by atoms with E-state index in [1.165, 1.54) is 6.20 Å². The maximum Gasteiger partial charge on any atom is 0.354 e. The summed E-state index contributed by atoms with van der Waals surface area (Å²) in [6.07, 6.45) is 8.50. The fourth-order valence-electron chi connectivity index (χ4n) is 5.35. The quantitative estimate of drug-likeness (QED) is 0.637. The fraction of sp³-hybridized carbons (Fsp3) is 0.571. The van der Waals surface area contributed by atoms with E-state index in [1.54, 1.807) is 4.68 Å². The summed E-state index contributed by atoms with van der Waals surface area (Å²) >= 11 is 0. The standard InChI is InChI=1S/C21H27N7O3S/c22-8-12-10-28-19(31-11-12)16(9-24-28)32(23,30)27-20(29)26-17-13-2-1-3-15(13)25-18-14(17)4-5-21(18)6-7-21/h9,12H,1-8,10-11,22H2,(H3,23,25,26,27,29,30). The maximum atomic E-state index is 13.2. The Morgan fingerprint density at radius 2 is 2.16 bits per heavy atom. The van der Waals surface area contributed by atoms with E-state index >= 15 is 0 Å². The van der Waals surface area contributed by atoms with E-state index in [1.807, 2.05) is 0 Å². The molecule has 2 atom stereocenters. The molecule has 2 aromatic rings. The molecular formula is C21H27N7O3S. The van der Waals surface area contributed by atoms with Crippen LogP contribution in [-0.2, 0) is 41.1 Å². The molecule has 3 aliphatic carbocycles. The van der Waals surface area contributed by atoms with Gasteiger partial charge in [0.15, 0.2) is 9.92 Å². The maximum absolute atomic E-state index is 13.2. The molecule has 0 saturated heterocycles. The minimum absolute atomic E-state index is 0.120. The molecule has 170 valence electrons. The number of urea groups is 1. The Morgan fingerprint density at radius 3 is 2.94 bits per heavy atom. The SMILES string of the molecule is NCC1COc2c(S(N)(=O)=NC(=O)Nc3c4c(nc5c3CCC53CC3)CCC4)cnn2C1. The van der Waals surface area contributed by atoms with Gasteiger partial charge >= 0.3 is 6.03 Å². The van der Waals surface area contributed by atoms with E-state index in [-0.39, 0.29) is 16.2 Å². The van der Waals surface area contributed by atoms with Crippen LogP contribution in [0.1, 0.15) is 48.2 Å². The van der Waals surface area contributed by atoms with E-state index in [0.717, 1.165) is 73.1 Å². The lowest BCUT2D eigenvalue weighted by molar-refractivity contribution is 0.164. The molecule has 32 heavy (non-hydrogen) atoms. The monoisotopic (exact) mass is 457 g/mol. The van der Waals surface area contributed by atoms with E-state index in [0.29, 0.717) is 25.6 Å². The third-order valence-corrected chi connectivity index (χ3v) is 8.63. The van der Waals surface area contributed by atoms with Gasteiger partial charge in [-0.1, -0.05) is 0 Å². The van der Waals surface area contributed by atoms with Crippen molar-refractivity contribution in [1.82, 2.24) is 14.8 Å². The number of nitrogens with one attached hydrogen (secondary N) is 1. The van der Waals surface area contributed by atoms with Gasteiger partial charge < -0.3 is 15.8 Å². The lowest BCUT2D eigenvalue weighted by Gasteiger charge is -2.23. The van der Waals surface area contributed by atoms with Crippen LogP contribution in [0.3, 0.4) is 0 Å². The van der Waals surface area contributed by atoms with Crippen molar-refractivity contribution in [3.63, 3.8) is 0 Å². The Morgan fingerprint density at radius 1 is 1.31 bits per heavy atom. The number of nitrogens with two attached hydrogens (primary N) is 2. The predicted octanol–water partition coefficient (Wildman–Crippen LogP) is 1.64. The molecule has 0 bridgehead atoms. The topological polar surface area (TPSA) is 151 Å². The molecule has 5 N–H and O–H groups in total. The van der Waals surface area contributed by atoms with Crippen LogP contribution in [0.2, 0.25) is 0 Å². The Labute approximate surface area is 186 Å². The van der Waals surface area contributed by atoms with Crippen molar-refractivity contribution in [3.8, 4) is 5.88 Å². The molecule has 1 aliphatic heterocycles. The third kappa shape index (κ3) is 3.06. The van der Waals surface area contributed by atoms with E-state index in [9.17, 15) is 9.00 Å². The van der Waals surface area contributed by atoms with Crippen molar-refractivity contribution >= 4 is 21.6 Å². The summed E-state index contributed by atoms with van der Waals surface area (Å²) in [5.74, 6) is 0.412. The number of fused-ring (bicyclic) bond motifs is 4. The van der Waals surface area contributed by atoms with E-state index in [4.69, 9.17) is 20.6 Å². The van der Waals surface area contributed by atoms with E-state index in [2.05, 4.69) is 14.8 Å². The van der Waals surface area contributed by atoms with Crippen molar-refractivity contribution < 1.29 is 13.7 Å². The molecule has 0 aromatic carbocycles. The van der Waals surface area contributed by atoms with Crippen LogP contribution in [-0.4, -0.2) is 38.2 Å². The molecule has 6 rings (SSSR count). The number of amides is 2. The number of carbonyl (C=O) groups is 1. The van der Waals surface area contributed by atoms with Crippen LogP contribution < -0.4 is 20.9 Å². The predicted molar refractivity (Wildman–Crippen MR) is 118 cm³/mol. The molecule has 2 unspecified atom stereocenters. The number of nitrogens with zero attached hydrogens (tertiary/aromatic N) is 4. The Hall–Kier alpha value is -2.50. The van der Waals surface area contributed by atoms with Gasteiger partial charge in [0, 0.05) is 23.6 Å².